The highest BCUT2D eigenvalue weighted by atomic mass is 79.9. The molecular weight excluding hydrogens is 226 g/mol. The molecule has 0 aliphatic carbocycles. The average Bonchev–Trinajstić information content (AvgIpc) is 2.39. The number of anilines is 1. The number of hydrogen-bond donors (Lipinski definition) is 2. The van der Waals surface area contributed by atoms with E-state index in [1.54, 1.807) is 0 Å². The number of H-pyrrole nitrogens is 1. The Labute approximate surface area is 74.7 Å². The average molecular weight is 230 g/mol. The van der Waals surface area contributed by atoms with E-state index in [0.717, 1.165) is 0 Å². The second-order valence-electron chi connectivity index (χ2n) is 2.21. The summed E-state index contributed by atoms with van der Waals surface area (Å²) in [6.45, 7) is 0. The van der Waals surface area contributed by atoms with Crippen LogP contribution in [0.4, 0.5) is 5.69 Å². The third-order valence-electron chi connectivity index (χ3n) is 1.44. The molecule has 0 saturated heterocycles. The van der Waals surface area contributed by atoms with Crippen molar-refractivity contribution in [2.24, 2.45) is 0 Å². The molecule has 0 atom stereocenters. The predicted molar refractivity (Wildman–Crippen MR) is 46.7 cm³/mol. The van der Waals surface area contributed by atoms with Crippen LogP contribution >= 0.6 is 15.9 Å². The minimum atomic E-state index is -0.553. The predicted octanol–water partition coefficient (Wildman–Crippen LogP) is 0.861. The van der Waals surface area contributed by atoms with Gasteiger partial charge in [0.1, 0.15) is 0 Å². The highest BCUT2D eigenvalue weighted by Gasteiger charge is 2.08. The van der Waals surface area contributed by atoms with E-state index in [2.05, 4.69) is 25.9 Å². The Balaban J connectivity index is 2.99. The Kier molecular flexibility index (Phi) is 1.44. The smallest absolute Gasteiger partial charge is 0.404 e. The first-order chi connectivity index (χ1) is 5.68. The van der Waals surface area contributed by atoms with Crippen LogP contribution in [0.2, 0.25) is 0 Å². The molecule has 0 bridgehead atoms. The van der Waals surface area contributed by atoms with Gasteiger partial charge in [0.05, 0.1) is 10.2 Å². The molecule has 0 spiro atoms. The monoisotopic (exact) mass is 229 g/mol. The molecule has 2 heterocycles. The van der Waals surface area contributed by atoms with Crippen molar-refractivity contribution in [1.29, 1.82) is 0 Å². The van der Waals surface area contributed by atoms with E-state index in [4.69, 9.17) is 10.2 Å². The molecule has 2 rings (SSSR count). The summed E-state index contributed by atoms with van der Waals surface area (Å²) in [4.78, 5) is 17.0. The fraction of sp³-hybridized carbons (Fsp3) is 0. The van der Waals surface area contributed by atoms with Gasteiger partial charge >= 0.3 is 5.76 Å². The first-order valence-corrected chi connectivity index (χ1v) is 3.90. The Hall–Kier alpha value is -1.30. The minimum Gasteiger partial charge on any atom is -0.404 e. The highest BCUT2D eigenvalue weighted by Crippen LogP contribution is 2.24. The van der Waals surface area contributed by atoms with Gasteiger partial charge in [0.15, 0.2) is 11.2 Å². The third-order valence-corrected chi connectivity index (χ3v) is 2.07. The molecule has 0 aliphatic rings. The van der Waals surface area contributed by atoms with E-state index in [0.29, 0.717) is 15.8 Å². The molecule has 0 fully saturated rings. The van der Waals surface area contributed by atoms with Crippen molar-refractivity contribution < 1.29 is 4.42 Å². The van der Waals surface area contributed by atoms with Gasteiger partial charge in [0, 0.05) is 6.20 Å². The van der Waals surface area contributed by atoms with Gasteiger partial charge in [-0.2, -0.15) is 0 Å². The quantitative estimate of drug-likeness (QED) is 0.702. The van der Waals surface area contributed by atoms with Crippen LogP contribution < -0.4 is 11.5 Å². The topological polar surface area (TPSA) is 84.9 Å². The summed E-state index contributed by atoms with van der Waals surface area (Å²) in [6.07, 6.45) is 1.50. The van der Waals surface area contributed by atoms with Crippen molar-refractivity contribution in [3.05, 3.63) is 21.2 Å². The van der Waals surface area contributed by atoms with Crippen molar-refractivity contribution >= 4 is 32.8 Å². The Morgan fingerprint density at radius 2 is 2.42 bits per heavy atom. The molecule has 2 aromatic rings. The standard InChI is InChI=1S/C6H4BrN3O2/c7-2-1-9-5-4(3(2)8)12-6(11)10-5/h1H,(H3,8,9,10,11). The lowest BCUT2D eigenvalue weighted by Crippen LogP contribution is -1.93. The van der Waals surface area contributed by atoms with Crippen LogP contribution in [-0.4, -0.2) is 9.97 Å². The summed E-state index contributed by atoms with van der Waals surface area (Å²) < 4.78 is 5.36. The Morgan fingerprint density at radius 1 is 1.67 bits per heavy atom. The first-order valence-electron chi connectivity index (χ1n) is 3.11. The van der Waals surface area contributed by atoms with Gasteiger partial charge in [-0.3, -0.25) is 4.98 Å². The molecule has 0 saturated carbocycles. The molecule has 0 amide bonds. The van der Waals surface area contributed by atoms with Gasteiger partial charge < -0.3 is 10.2 Å². The van der Waals surface area contributed by atoms with Gasteiger partial charge in [-0.15, -0.1) is 0 Å². The van der Waals surface area contributed by atoms with Crippen LogP contribution in [0, 0.1) is 0 Å². The fourth-order valence-electron chi connectivity index (χ4n) is 0.893. The number of pyridine rings is 1. The number of nitrogens with two attached hydrogens (primary N) is 1. The Bertz CT molecular complexity index is 487. The minimum absolute atomic E-state index is 0.286. The summed E-state index contributed by atoms with van der Waals surface area (Å²) in [5.41, 5.74) is 6.61. The maximum absolute atomic E-state index is 10.7. The molecule has 0 radical (unpaired) electrons. The van der Waals surface area contributed by atoms with E-state index in [-0.39, 0.29) is 5.58 Å². The van der Waals surface area contributed by atoms with E-state index in [9.17, 15) is 4.79 Å². The molecule has 0 aromatic carbocycles. The van der Waals surface area contributed by atoms with Gasteiger partial charge in [0.2, 0.25) is 0 Å². The molecule has 5 nitrogen and oxygen atoms in total. The number of hydrogen-bond acceptors (Lipinski definition) is 4. The summed E-state index contributed by atoms with van der Waals surface area (Å²) >= 11 is 3.16. The summed E-state index contributed by atoms with van der Waals surface area (Å²) in [6, 6.07) is 0. The van der Waals surface area contributed by atoms with Crippen LogP contribution in [0.5, 0.6) is 0 Å². The number of oxazole rings is 1. The fourth-order valence-corrected chi connectivity index (χ4v) is 1.18. The largest absolute Gasteiger partial charge is 0.418 e. The summed E-state index contributed by atoms with van der Waals surface area (Å²) in [7, 11) is 0. The Morgan fingerprint density at radius 3 is 3.17 bits per heavy atom. The van der Waals surface area contributed by atoms with E-state index < -0.39 is 5.76 Å². The van der Waals surface area contributed by atoms with Crippen molar-refractivity contribution in [3.63, 3.8) is 0 Å². The summed E-state index contributed by atoms with van der Waals surface area (Å²) in [5.74, 6) is -0.553. The zero-order valence-electron chi connectivity index (χ0n) is 5.80. The molecule has 3 N–H and O–H groups in total. The molecule has 6 heteroatoms. The number of fused-ring (bicyclic) bond motifs is 1. The highest BCUT2D eigenvalue weighted by molar-refractivity contribution is 9.10. The summed E-state index contributed by atoms with van der Waals surface area (Å²) in [5, 5.41) is 0. The third kappa shape index (κ3) is 0.918. The van der Waals surface area contributed by atoms with Crippen LogP contribution in [0.1, 0.15) is 0 Å². The maximum atomic E-state index is 10.7. The van der Waals surface area contributed by atoms with Gasteiger partial charge in [-0.25, -0.2) is 9.78 Å². The van der Waals surface area contributed by atoms with Crippen molar-refractivity contribution in [2.45, 2.75) is 0 Å². The van der Waals surface area contributed by atoms with Crippen LogP contribution in [0.25, 0.3) is 11.2 Å². The molecule has 0 aliphatic heterocycles. The lowest BCUT2D eigenvalue weighted by Gasteiger charge is -1.94. The number of halogens is 1. The van der Waals surface area contributed by atoms with Gasteiger partial charge in [0.25, 0.3) is 0 Å². The zero-order chi connectivity index (χ0) is 8.72. The second-order valence-corrected chi connectivity index (χ2v) is 3.07. The number of aromatic amines is 1. The molecule has 12 heavy (non-hydrogen) atoms. The molecule has 62 valence electrons. The lowest BCUT2D eigenvalue weighted by atomic mass is 10.4. The number of rotatable bonds is 0. The number of nitrogens with one attached hydrogen (secondary N) is 1. The number of aromatic nitrogens is 2. The van der Waals surface area contributed by atoms with Crippen LogP contribution in [0.15, 0.2) is 19.9 Å². The molecular formula is C6H4BrN3O2. The van der Waals surface area contributed by atoms with Crippen LogP contribution in [0.3, 0.4) is 0 Å². The van der Waals surface area contributed by atoms with E-state index >= 15 is 0 Å². The van der Waals surface area contributed by atoms with E-state index in [1.807, 2.05) is 0 Å². The molecule has 0 unspecified atom stereocenters. The van der Waals surface area contributed by atoms with Gasteiger partial charge in [-0.1, -0.05) is 0 Å². The second kappa shape index (κ2) is 2.34. The SMILES string of the molecule is Nc1c(Br)cnc2[nH]c(=O)oc12. The first kappa shape index (κ1) is 7.35. The van der Waals surface area contributed by atoms with Crippen molar-refractivity contribution in [3.8, 4) is 0 Å². The molecule has 2 aromatic heterocycles. The van der Waals surface area contributed by atoms with Crippen LogP contribution in [-0.2, 0) is 0 Å². The lowest BCUT2D eigenvalue weighted by molar-refractivity contribution is 0.556. The van der Waals surface area contributed by atoms with Crippen molar-refractivity contribution in [1.82, 2.24) is 9.97 Å². The maximum Gasteiger partial charge on any atom is 0.418 e. The van der Waals surface area contributed by atoms with Gasteiger partial charge in [-0.05, 0) is 15.9 Å². The number of nitrogen functional groups attached to an aromatic ring is 1. The normalized spacial score (nSPS) is 10.8. The number of nitrogens with zero attached hydrogens (tertiary/aromatic N) is 1. The van der Waals surface area contributed by atoms with E-state index in [1.165, 1.54) is 6.20 Å². The van der Waals surface area contributed by atoms with Crippen molar-refractivity contribution in [2.75, 3.05) is 5.73 Å². The zero-order valence-corrected chi connectivity index (χ0v) is 7.38.